The average Bonchev–Trinajstić information content (AvgIpc) is 3.38. The van der Waals surface area contributed by atoms with Crippen LogP contribution in [0.2, 0.25) is 0 Å². The van der Waals surface area contributed by atoms with Gasteiger partial charge in [-0.15, -0.1) is 0 Å². The van der Waals surface area contributed by atoms with E-state index in [9.17, 15) is 10.5 Å². The maximum absolute atomic E-state index is 9.65. The Balaban J connectivity index is 1.78. The number of benzene rings is 3. The lowest BCUT2D eigenvalue weighted by Gasteiger charge is -2.20. The summed E-state index contributed by atoms with van der Waals surface area (Å²) < 4.78 is 8.68. The minimum atomic E-state index is 0.00685. The maximum atomic E-state index is 9.65. The first-order valence-corrected chi connectivity index (χ1v) is 11.5. The highest BCUT2D eigenvalue weighted by Gasteiger charge is 2.23. The average molecular weight is 442 g/mol. The minimum Gasteiger partial charge on any atom is -0.455 e. The van der Waals surface area contributed by atoms with E-state index in [1.807, 2.05) is 24.3 Å². The van der Waals surface area contributed by atoms with Gasteiger partial charge in [0.25, 0.3) is 0 Å². The van der Waals surface area contributed by atoms with E-state index in [0.717, 1.165) is 49.4 Å². The van der Waals surface area contributed by atoms with Gasteiger partial charge in [-0.3, -0.25) is 0 Å². The van der Waals surface area contributed by atoms with Gasteiger partial charge in [-0.05, 0) is 60.2 Å². The number of furan rings is 1. The zero-order valence-corrected chi connectivity index (χ0v) is 19.4. The molecule has 6 rings (SSSR count). The first-order chi connectivity index (χ1) is 16.4. The van der Waals surface area contributed by atoms with Crippen LogP contribution in [-0.4, -0.2) is 4.57 Å². The summed E-state index contributed by atoms with van der Waals surface area (Å²) >= 11 is 0. The molecule has 164 valence electrons. The maximum Gasteiger partial charge on any atom is 0.145 e. The van der Waals surface area contributed by atoms with Gasteiger partial charge in [0.05, 0.1) is 28.1 Å². The summed E-state index contributed by atoms with van der Waals surface area (Å²) in [4.78, 5) is 0. The van der Waals surface area contributed by atoms with Crippen molar-refractivity contribution in [3.63, 3.8) is 0 Å². The second-order valence-corrected chi connectivity index (χ2v) is 10.0. The SMILES string of the molecule is CC(C)(C)c1ccc2c(c1)c1c3oc4ccccc4c3ccc1n2C1=CC(C#N)=C(C#N)CC1. The lowest BCUT2D eigenvalue weighted by Crippen LogP contribution is -2.10. The van der Waals surface area contributed by atoms with Gasteiger partial charge in [0, 0.05) is 27.4 Å². The molecular formula is C30H23N3O. The van der Waals surface area contributed by atoms with Crippen LogP contribution < -0.4 is 0 Å². The van der Waals surface area contributed by atoms with E-state index in [4.69, 9.17) is 4.42 Å². The standard InChI is InChI=1S/C30H23N3O/c1-30(2,3)20-9-12-25-24(15-20)28-26(33(25)21-10-8-18(16-31)19(14-21)17-32)13-11-23-22-6-4-5-7-27(22)34-29(23)28/h4-7,9,11-15H,8,10H2,1-3H3. The summed E-state index contributed by atoms with van der Waals surface area (Å²) in [6.45, 7) is 6.67. The summed E-state index contributed by atoms with van der Waals surface area (Å²) in [5.41, 5.74) is 7.20. The van der Waals surface area contributed by atoms with E-state index in [0.29, 0.717) is 24.0 Å². The second kappa shape index (κ2) is 7.11. The van der Waals surface area contributed by atoms with Crippen LogP contribution in [0, 0.1) is 22.7 Å². The molecule has 0 spiro atoms. The fourth-order valence-corrected chi connectivity index (χ4v) is 5.17. The fraction of sp³-hybridized carbons (Fsp3) is 0.200. The van der Waals surface area contributed by atoms with E-state index < -0.39 is 0 Å². The third-order valence-electron chi connectivity index (χ3n) is 6.95. The second-order valence-electron chi connectivity index (χ2n) is 10.0. The lowest BCUT2D eigenvalue weighted by atomic mass is 9.86. The summed E-state index contributed by atoms with van der Waals surface area (Å²) in [5, 5.41) is 23.5. The topological polar surface area (TPSA) is 65.7 Å². The van der Waals surface area contributed by atoms with Gasteiger partial charge in [0.15, 0.2) is 0 Å². The number of hydrogen-bond acceptors (Lipinski definition) is 3. The van der Waals surface area contributed by atoms with Crippen molar-refractivity contribution >= 4 is 49.4 Å². The fourth-order valence-electron chi connectivity index (χ4n) is 5.17. The monoisotopic (exact) mass is 441 g/mol. The third kappa shape index (κ3) is 2.82. The number of rotatable bonds is 1. The number of nitrogens with zero attached hydrogens (tertiary/aromatic N) is 3. The normalized spacial score (nSPS) is 14.7. The molecular weight excluding hydrogens is 418 g/mol. The van der Waals surface area contributed by atoms with Crippen LogP contribution >= 0.6 is 0 Å². The van der Waals surface area contributed by atoms with Crippen LogP contribution in [0.15, 0.2) is 76.2 Å². The van der Waals surface area contributed by atoms with Gasteiger partial charge in [0.1, 0.15) is 17.2 Å². The Morgan fingerprint density at radius 3 is 2.41 bits per heavy atom. The number of fused-ring (bicyclic) bond motifs is 7. The molecule has 2 aromatic heterocycles. The highest BCUT2D eigenvalue weighted by atomic mass is 16.3. The molecule has 0 bridgehead atoms. The number of allylic oxidation sites excluding steroid dienone is 4. The van der Waals surface area contributed by atoms with Gasteiger partial charge in [-0.1, -0.05) is 45.0 Å². The minimum absolute atomic E-state index is 0.00685. The van der Waals surface area contributed by atoms with Gasteiger partial charge in [0.2, 0.25) is 0 Å². The molecule has 0 unspecified atom stereocenters. The summed E-state index contributed by atoms with van der Waals surface area (Å²) in [5.74, 6) is 0. The van der Waals surface area contributed by atoms with Gasteiger partial charge in [-0.25, -0.2) is 0 Å². The highest BCUT2D eigenvalue weighted by molar-refractivity contribution is 6.24. The van der Waals surface area contributed by atoms with Crippen molar-refractivity contribution in [2.75, 3.05) is 0 Å². The molecule has 0 amide bonds. The molecule has 0 fully saturated rings. The van der Waals surface area contributed by atoms with Crippen molar-refractivity contribution in [3.05, 3.63) is 77.4 Å². The molecule has 1 aliphatic carbocycles. The summed E-state index contributed by atoms with van der Waals surface area (Å²) in [7, 11) is 0. The zero-order valence-electron chi connectivity index (χ0n) is 19.4. The molecule has 0 N–H and O–H groups in total. The number of para-hydroxylation sites is 1. The van der Waals surface area contributed by atoms with E-state index in [2.05, 4.69) is 73.9 Å². The Labute approximate surface area is 197 Å². The van der Waals surface area contributed by atoms with Gasteiger partial charge >= 0.3 is 0 Å². The van der Waals surface area contributed by atoms with E-state index in [1.165, 1.54) is 5.56 Å². The molecule has 0 atom stereocenters. The summed E-state index contributed by atoms with van der Waals surface area (Å²) in [6, 6.07) is 23.5. The number of nitriles is 2. The zero-order chi connectivity index (χ0) is 23.6. The molecule has 4 nitrogen and oxygen atoms in total. The Kier molecular flexibility index (Phi) is 4.25. The lowest BCUT2D eigenvalue weighted by molar-refractivity contribution is 0.591. The van der Waals surface area contributed by atoms with Crippen LogP contribution in [0.4, 0.5) is 0 Å². The molecule has 0 saturated carbocycles. The van der Waals surface area contributed by atoms with Crippen molar-refractivity contribution in [1.29, 1.82) is 10.5 Å². The molecule has 5 aromatic rings. The van der Waals surface area contributed by atoms with Crippen LogP contribution in [-0.2, 0) is 5.41 Å². The third-order valence-corrected chi connectivity index (χ3v) is 6.95. The van der Waals surface area contributed by atoms with Crippen molar-refractivity contribution < 1.29 is 4.42 Å². The molecule has 0 saturated heterocycles. The van der Waals surface area contributed by atoms with E-state index >= 15 is 0 Å². The molecule has 4 heteroatoms. The molecule has 1 aliphatic rings. The molecule has 2 heterocycles. The predicted molar refractivity (Wildman–Crippen MR) is 137 cm³/mol. The highest BCUT2D eigenvalue weighted by Crippen LogP contribution is 2.43. The number of hydrogen-bond donors (Lipinski definition) is 0. The van der Waals surface area contributed by atoms with Crippen molar-refractivity contribution in [2.45, 2.75) is 39.0 Å². The van der Waals surface area contributed by atoms with Crippen LogP contribution in [0.25, 0.3) is 49.4 Å². The first kappa shape index (κ1) is 20.3. The Morgan fingerprint density at radius 1 is 0.853 bits per heavy atom. The quantitative estimate of drug-likeness (QED) is 0.265. The van der Waals surface area contributed by atoms with E-state index in [-0.39, 0.29) is 5.41 Å². The van der Waals surface area contributed by atoms with Crippen LogP contribution in [0.5, 0.6) is 0 Å². The first-order valence-electron chi connectivity index (χ1n) is 11.5. The molecule has 0 radical (unpaired) electrons. The van der Waals surface area contributed by atoms with Crippen LogP contribution in [0.3, 0.4) is 0 Å². The Bertz CT molecular complexity index is 1800. The molecule has 34 heavy (non-hydrogen) atoms. The van der Waals surface area contributed by atoms with Crippen molar-refractivity contribution in [3.8, 4) is 12.1 Å². The summed E-state index contributed by atoms with van der Waals surface area (Å²) in [6.07, 6.45) is 3.15. The Morgan fingerprint density at radius 2 is 1.65 bits per heavy atom. The largest absolute Gasteiger partial charge is 0.455 e. The van der Waals surface area contributed by atoms with Crippen molar-refractivity contribution in [2.24, 2.45) is 0 Å². The van der Waals surface area contributed by atoms with Gasteiger partial charge < -0.3 is 8.98 Å². The van der Waals surface area contributed by atoms with Crippen LogP contribution in [0.1, 0.15) is 39.2 Å². The van der Waals surface area contributed by atoms with Gasteiger partial charge in [-0.2, -0.15) is 10.5 Å². The molecule has 0 aliphatic heterocycles. The number of aromatic nitrogens is 1. The molecule has 3 aromatic carbocycles. The predicted octanol–water partition coefficient (Wildman–Crippen LogP) is 7.97. The van der Waals surface area contributed by atoms with Crippen molar-refractivity contribution in [1.82, 2.24) is 4.57 Å². The van der Waals surface area contributed by atoms with E-state index in [1.54, 1.807) is 0 Å². The smallest absolute Gasteiger partial charge is 0.145 e. The Hall–Kier alpha value is -4.28.